The van der Waals surface area contributed by atoms with Crippen LogP contribution in [0.1, 0.15) is 22.8 Å². The number of hydrogen-bond acceptors (Lipinski definition) is 5. The molecule has 7 nitrogen and oxygen atoms in total. The number of halogens is 1. The molecule has 172 valence electrons. The Bertz CT molecular complexity index is 1110. The SMILES string of the molecule is COc1ccc(/C=C/CN2CCc3nnc(CNC(=O)Cc4cccc(F)c4)n3CC2)cc1. The predicted molar refractivity (Wildman–Crippen MR) is 124 cm³/mol. The second-order valence-corrected chi connectivity index (χ2v) is 7.99. The number of benzene rings is 2. The van der Waals surface area contributed by atoms with Gasteiger partial charge in [-0.1, -0.05) is 36.4 Å². The number of rotatable bonds is 8. The van der Waals surface area contributed by atoms with Crippen LogP contribution in [0.25, 0.3) is 6.08 Å². The molecule has 8 heteroatoms. The highest BCUT2D eigenvalue weighted by Gasteiger charge is 2.18. The number of carbonyl (C=O) groups is 1. The molecule has 0 saturated heterocycles. The van der Waals surface area contributed by atoms with Crippen molar-refractivity contribution in [2.45, 2.75) is 25.9 Å². The molecular formula is C25H28FN5O2. The van der Waals surface area contributed by atoms with E-state index in [1.54, 1.807) is 19.2 Å². The molecule has 1 aliphatic heterocycles. The molecule has 1 amide bonds. The molecule has 2 aromatic carbocycles. The predicted octanol–water partition coefficient (Wildman–Crippen LogP) is 2.86. The Morgan fingerprint density at radius 1 is 1.15 bits per heavy atom. The van der Waals surface area contributed by atoms with Crippen molar-refractivity contribution in [1.82, 2.24) is 25.0 Å². The maximum Gasteiger partial charge on any atom is 0.224 e. The van der Waals surface area contributed by atoms with Crippen molar-refractivity contribution < 1.29 is 13.9 Å². The smallest absolute Gasteiger partial charge is 0.224 e. The molecular weight excluding hydrogens is 421 g/mol. The van der Waals surface area contributed by atoms with Gasteiger partial charge in [-0.2, -0.15) is 0 Å². The van der Waals surface area contributed by atoms with E-state index in [9.17, 15) is 9.18 Å². The lowest BCUT2D eigenvalue weighted by Gasteiger charge is -2.17. The Morgan fingerprint density at radius 2 is 2.00 bits per heavy atom. The van der Waals surface area contributed by atoms with Gasteiger partial charge in [-0.25, -0.2) is 4.39 Å². The van der Waals surface area contributed by atoms with Crippen LogP contribution in [0.3, 0.4) is 0 Å². The second kappa shape index (κ2) is 10.9. The standard InChI is InChI=1S/C25H28FN5O2/c1-33-22-9-7-19(8-10-22)5-3-12-30-13-11-23-28-29-24(31(23)15-14-30)18-27-25(32)17-20-4-2-6-21(26)16-20/h2-10,16H,11-15,17-18H2,1H3,(H,27,32)/b5-3+. The van der Waals surface area contributed by atoms with Gasteiger partial charge in [0.25, 0.3) is 0 Å². The van der Waals surface area contributed by atoms with Crippen LogP contribution in [0.15, 0.2) is 54.6 Å². The minimum Gasteiger partial charge on any atom is -0.497 e. The van der Waals surface area contributed by atoms with E-state index in [2.05, 4.69) is 37.1 Å². The van der Waals surface area contributed by atoms with E-state index >= 15 is 0 Å². The van der Waals surface area contributed by atoms with Crippen LogP contribution in [0, 0.1) is 5.82 Å². The Morgan fingerprint density at radius 3 is 2.79 bits per heavy atom. The van der Waals surface area contributed by atoms with Gasteiger partial charge in [0.1, 0.15) is 17.4 Å². The van der Waals surface area contributed by atoms with E-state index in [0.717, 1.165) is 55.6 Å². The second-order valence-electron chi connectivity index (χ2n) is 7.99. The zero-order valence-electron chi connectivity index (χ0n) is 18.7. The van der Waals surface area contributed by atoms with Crippen molar-refractivity contribution in [1.29, 1.82) is 0 Å². The van der Waals surface area contributed by atoms with Gasteiger partial charge < -0.3 is 14.6 Å². The number of ether oxygens (including phenoxy) is 1. The molecule has 4 rings (SSSR count). The zero-order valence-corrected chi connectivity index (χ0v) is 18.7. The fourth-order valence-corrected chi connectivity index (χ4v) is 3.87. The van der Waals surface area contributed by atoms with Crippen LogP contribution >= 0.6 is 0 Å². The topological polar surface area (TPSA) is 72.3 Å². The third-order valence-corrected chi connectivity index (χ3v) is 5.68. The number of methoxy groups -OCH3 is 1. The molecule has 0 fully saturated rings. The lowest BCUT2D eigenvalue weighted by molar-refractivity contribution is -0.120. The summed E-state index contributed by atoms with van der Waals surface area (Å²) in [6.07, 6.45) is 5.22. The minimum absolute atomic E-state index is 0.132. The average Bonchev–Trinajstić information content (AvgIpc) is 3.09. The lowest BCUT2D eigenvalue weighted by atomic mass is 10.1. The summed E-state index contributed by atoms with van der Waals surface area (Å²) < 4.78 is 20.6. The van der Waals surface area contributed by atoms with Crippen LogP contribution in [-0.4, -0.2) is 52.3 Å². The summed E-state index contributed by atoms with van der Waals surface area (Å²) in [6.45, 7) is 3.70. The maximum absolute atomic E-state index is 13.3. The highest BCUT2D eigenvalue weighted by molar-refractivity contribution is 5.78. The Balaban J connectivity index is 1.27. The molecule has 1 N–H and O–H groups in total. The largest absolute Gasteiger partial charge is 0.497 e. The third kappa shape index (κ3) is 6.26. The zero-order chi connectivity index (χ0) is 23.0. The molecule has 1 aromatic heterocycles. The monoisotopic (exact) mass is 449 g/mol. The molecule has 0 atom stereocenters. The van der Waals surface area contributed by atoms with Gasteiger partial charge in [0, 0.05) is 32.6 Å². The quantitative estimate of drug-likeness (QED) is 0.573. The summed E-state index contributed by atoms with van der Waals surface area (Å²) in [5.74, 6) is 2.02. The van der Waals surface area contributed by atoms with Crippen LogP contribution in [0.5, 0.6) is 5.75 Å². The first-order chi connectivity index (χ1) is 16.1. The Kier molecular flexibility index (Phi) is 7.47. The van der Waals surface area contributed by atoms with Gasteiger partial charge in [-0.3, -0.25) is 9.69 Å². The Labute approximate surface area is 192 Å². The lowest BCUT2D eigenvalue weighted by Crippen LogP contribution is -2.28. The number of nitrogens with zero attached hydrogens (tertiary/aromatic N) is 4. The van der Waals surface area contributed by atoms with Crippen molar-refractivity contribution >= 4 is 12.0 Å². The normalized spacial score (nSPS) is 14.1. The van der Waals surface area contributed by atoms with Crippen LogP contribution in [-0.2, 0) is 30.7 Å². The van der Waals surface area contributed by atoms with E-state index in [4.69, 9.17) is 4.74 Å². The maximum atomic E-state index is 13.3. The number of nitrogens with one attached hydrogen (secondary N) is 1. The van der Waals surface area contributed by atoms with Crippen molar-refractivity contribution in [3.63, 3.8) is 0 Å². The highest BCUT2D eigenvalue weighted by Crippen LogP contribution is 2.13. The van der Waals surface area contributed by atoms with Gasteiger partial charge in [-0.15, -0.1) is 10.2 Å². The summed E-state index contributed by atoms with van der Waals surface area (Å²) in [5.41, 5.74) is 1.78. The molecule has 0 aliphatic carbocycles. The van der Waals surface area contributed by atoms with Gasteiger partial charge in [0.2, 0.25) is 5.91 Å². The summed E-state index contributed by atoms with van der Waals surface area (Å²) in [7, 11) is 1.66. The first-order valence-corrected chi connectivity index (χ1v) is 11.1. The fourth-order valence-electron chi connectivity index (χ4n) is 3.87. The first kappa shape index (κ1) is 22.7. The van der Waals surface area contributed by atoms with E-state index in [1.807, 2.05) is 24.3 Å². The van der Waals surface area contributed by atoms with Gasteiger partial charge in [-0.05, 0) is 35.4 Å². The van der Waals surface area contributed by atoms with E-state index in [0.29, 0.717) is 12.1 Å². The molecule has 0 bridgehead atoms. The van der Waals surface area contributed by atoms with E-state index in [-0.39, 0.29) is 18.1 Å². The molecule has 0 spiro atoms. The number of hydrogen-bond donors (Lipinski definition) is 1. The van der Waals surface area contributed by atoms with Crippen molar-refractivity contribution in [2.24, 2.45) is 0 Å². The number of fused-ring (bicyclic) bond motifs is 1. The van der Waals surface area contributed by atoms with E-state index < -0.39 is 0 Å². The van der Waals surface area contributed by atoms with Crippen LogP contribution in [0.4, 0.5) is 4.39 Å². The Hall–Kier alpha value is -3.52. The number of amides is 1. The van der Waals surface area contributed by atoms with Crippen molar-refractivity contribution in [2.75, 3.05) is 26.7 Å². The van der Waals surface area contributed by atoms with Crippen LogP contribution in [0.2, 0.25) is 0 Å². The molecule has 0 unspecified atom stereocenters. The molecule has 33 heavy (non-hydrogen) atoms. The van der Waals surface area contributed by atoms with E-state index in [1.165, 1.54) is 12.1 Å². The molecule has 0 saturated carbocycles. The first-order valence-electron chi connectivity index (χ1n) is 11.1. The minimum atomic E-state index is -0.341. The number of carbonyl (C=O) groups excluding carboxylic acids is 1. The average molecular weight is 450 g/mol. The summed E-state index contributed by atoms with van der Waals surface area (Å²) in [4.78, 5) is 14.6. The summed E-state index contributed by atoms with van der Waals surface area (Å²) in [5, 5.41) is 11.5. The molecule has 3 aromatic rings. The summed E-state index contributed by atoms with van der Waals surface area (Å²) >= 11 is 0. The fraction of sp³-hybridized carbons (Fsp3) is 0.320. The third-order valence-electron chi connectivity index (χ3n) is 5.68. The molecule has 1 aliphatic rings. The van der Waals surface area contributed by atoms with Crippen molar-refractivity contribution in [3.05, 3.63) is 83.2 Å². The van der Waals surface area contributed by atoms with Crippen molar-refractivity contribution in [3.8, 4) is 5.75 Å². The molecule has 0 radical (unpaired) electrons. The number of aromatic nitrogens is 3. The van der Waals surface area contributed by atoms with Crippen LogP contribution < -0.4 is 10.1 Å². The van der Waals surface area contributed by atoms with Gasteiger partial charge >= 0.3 is 0 Å². The van der Waals surface area contributed by atoms with Gasteiger partial charge in [0.15, 0.2) is 5.82 Å². The highest BCUT2D eigenvalue weighted by atomic mass is 19.1. The van der Waals surface area contributed by atoms with Gasteiger partial charge in [0.05, 0.1) is 20.1 Å². The summed E-state index contributed by atoms with van der Waals surface area (Å²) in [6, 6.07) is 14.1. The molecule has 2 heterocycles.